The fraction of sp³-hybridized carbons (Fsp3) is 0.0870. The molecule has 240 valence electrons. The van der Waals surface area contributed by atoms with E-state index < -0.39 is 0 Å². The Morgan fingerprint density at radius 2 is 0.939 bits per heavy atom. The Hall–Kier alpha value is -6.06. The molecule has 0 aliphatic carbocycles. The van der Waals surface area contributed by atoms with Gasteiger partial charge in [-0.25, -0.2) is 0 Å². The highest BCUT2D eigenvalue weighted by Gasteiger charge is 2.22. The van der Waals surface area contributed by atoms with Crippen LogP contribution in [0, 0.1) is 0 Å². The zero-order valence-corrected chi connectivity index (χ0v) is 28.6. The van der Waals surface area contributed by atoms with Crippen LogP contribution < -0.4 is 0 Å². The lowest BCUT2D eigenvalue weighted by molar-refractivity contribution is 1.54. The highest BCUT2D eigenvalue weighted by molar-refractivity contribution is 6.39. The Labute approximate surface area is 287 Å². The molecule has 0 saturated heterocycles. The number of allylic oxidation sites excluding steroid dienone is 16. The minimum atomic E-state index is 1.10. The van der Waals surface area contributed by atoms with Crippen molar-refractivity contribution in [3.63, 3.8) is 0 Å². The van der Waals surface area contributed by atoms with Gasteiger partial charge in [0.15, 0.2) is 0 Å². The lowest BCUT2D eigenvalue weighted by Gasteiger charge is -2.05. The topological polar surface area (TPSA) is 47.4 Å². The molecule has 0 spiro atoms. The first-order chi connectivity index (χ1) is 24.0. The van der Waals surface area contributed by atoms with Crippen LogP contribution in [-0.4, -0.2) is 15.0 Å². The van der Waals surface area contributed by atoms with Gasteiger partial charge < -0.3 is 15.0 Å². The molecule has 7 rings (SSSR count). The van der Waals surface area contributed by atoms with Gasteiger partial charge in [0.1, 0.15) is 0 Å². The van der Waals surface area contributed by atoms with Crippen LogP contribution in [0.1, 0.15) is 44.4 Å². The van der Waals surface area contributed by atoms with E-state index in [1.807, 2.05) is 32.1 Å². The molecule has 0 atom stereocenters. The third-order valence-corrected chi connectivity index (χ3v) is 9.33. The zero-order valence-electron chi connectivity index (χ0n) is 28.6. The van der Waals surface area contributed by atoms with Gasteiger partial charge in [0.25, 0.3) is 0 Å². The molecule has 7 aromatic rings. The predicted octanol–water partition coefficient (Wildman–Crippen LogP) is 13.4. The van der Waals surface area contributed by atoms with Gasteiger partial charge in [0.2, 0.25) is 0 Å². The second kappa shape index (κ2) is 13.2. The molecule has 0 saturated carbocycles. The van der Waals surface area contributed by atoms with E-state index in [4.69, 9.17) is 0 Å². The Morgan fingerprint density at radius 3 is 1.33 bits per heavy atom. The molecule has 0 bridgehead atoms. The first-order valence-corrected chi connectivity index (χ1v) is 16.9. The van der Waals surface area contributed by atoms with Gasteiger partial charge in [-0.3, -0.25) is 0 Å². The molecule has 0 aliphatic rings. The van der Waals surface area contributed by atoms with E-state index in [9.17, 15) is 0 Å². The van der Waals surface area contributed by atoms with Crippen molar-refractivity contribution in [2.24, 2.45) is 0 Å². The molecule has 0 aliphatic heterocycles. The second-order valence-corrected chi connectivity index (χ2v) is 12.3. The van der Waals surface area contributed by atoms with Crippen LogP contribution in [0.2, 0.25) is 0 Å². The first kappa shape index (κ1) is 31.5. The molecule has 0 radical (unpaired) electrons. The highest BCUT2D eigenvalue weighted by atomic mass is 14.8. The number of fused-ring (bicyclic) bond motifs is 12. The summed E-state index contributed by atoms with van der Waals surface area (Å²) in [6.45, 7) is 16.1. The number of aromatic amines is 3. The molecule has 3 N–H and O–H groups in total. The van der Waals surface area contributed by atoms with Crippen LogP contribution in [-0.2, 0) is 0 Å². The van der Waals surface area contributed by atoms with Crippen LogP contribution in [0.4, 0.5) is 0 Å². The number of rotatable bonds is 9. The van der Waals surface area contributed by atoms with E-state index in [1.165, 1.54) is 43.5 Å². The average Bonchev–Trinajstić information content (AvgIpc) is 3.80. The summed E-state index contributed by atoms with van der Waals surface area (Å²) in [7, 11) is 0. The van der Waals surface area contributed by atoms with E-state index in [0.717, 1.165) is 55.4 Å². The number of H-pyrrole nitrogens is 3. The second-order valence-electron chi connectivity index (χ2n) is 12.3. The van der Waals surface area contributed by atoms with Gasteiger partial charge in [-0.05, 0) is 97.5 Å². The SMILES string of the molecule is C=C/C=C\C(=C/C)c1ccc2[nH]c3c(c2c1)c1[nH]c2ccc(C(/C=C\C)=C/C=C)cc2c1c1[nH]c2ccc(C(/C=C\C)=C/C=C\C)cc2c31. The molecule has 4 aromatic carbocycles. The maximum Gasteiger partial charge on any atom is 0.0588 e. The third kappa shape index (κ3) is 5.34. The highest BCUT2D eigenvalue weighted by Crippen LogP contribution is 2.45. The fourth-order valence-corrected chi connectivity index (χ4v) is 7.17. The third-order valence-electron chi connectivity index (χ3n) is 9.33. The smallest absolute Gasteiger partial charge is 0.0588 e. The van der Waals surface area contributed by atoms with E-state index in [2.05, 4.69) is 157 Å². The zero-order chi connectivity index (χ0) is 34.1. The van der Waals surface area contributed by atoms with Crippen LogP contribution in [0.3, 0.4) is 0 Å². The van der Waals surface area contributed by atoms with Crippen molar-refractivity contribution in [3.05, 3.63) is 163 Å². The average molecular weight is 636 g/mol. The van der Waals surface area contributed by atoms with Crippen molar-refractivity contribution in [3.8, 4) is 0 Å². The first-order valence-electron chi connectivity index (χ1n) is 16.9. The van der Waals surface area contributed by atoms with Crippen molar-refractivity contribution in [1.29, 1.82) is 0 Å². The molecule has 0 fully saturated rings. The van der Waals surface area contributed by atoms with Crippen molar-refractivity contribution < 1.29 is 0 Å². The van der Waals surface area contributed by atoms with Crippen molar-refractivity contribution >= 4 is 82.1 Å². The maximum absolute atomic E-state index is 3.97. The summed E-state index contributed by atoms with van der Waals surface area (Å²) in [5.41, 5.74) is 13.6. The summed E-state index contributed by atoms with van der Waals surface area (Å²) >= 11 is 0. The molecule has 3 aromatic heterocycles. The quantitative estimate of drug-likeness (QED) is 0.132. The van der Waals surface area contributed by atoms with E-state index in [0.29, 0.717) is 0 Å². The Bertz CT molecular complexity index is 2660. The number of aromatic nitrogens is 3. The molecular formula is C46H41N3. The number of hydrogen-bond acceptors (Lipinski definition) is 0. The van der Waals surface area contributed by atoms with Gasteiger partial charge in [-0.2, -0.15) is 0 Å². The summed E-state index contributed by atoms with van der Waals surface area (Å²) in [6, 6.07) is 20.2. The number of benzene rings is 4. The fourth-order valence-electron chi connectivity index (χ4n) is 7.17. The lowest BCUT2D eigenvalue weighted by Crippen LogP contribution is -1.82. The molecule has 3 heteroatoms. The summed E-state index contributed by atoms with van der Waals surface area (Å²) < 4.78 is 0. The van der Waals surface area contributed by atoms with Crippen molar-refractivity contribution in [1.82, 2.24) is 15.0 Å². The lowest BCUT2D eigenvalue weighted by atomic mass is 9.97. The van der Waals surface area contributed by atoms with Crippen LogP contribution in [0.15, 0.2) is 147 Å². The molecule has 3 heterocycles. The van der Waals surface area contributed by atoms with E-state index >= 15 is 0 Å². The molecule has 0 unspecified atom stereocenters. The summed E-state index contributed by atoms with van der Waals surface area (Å²) in [4.78, 5) is 11.6. The minimum Gasteiger partial charge on any atom is -0.354 e. The molecular weight excluding hydrogens is 595 g/mol. The summed E-state index contributed by atoms with van der Waals surface area (Å²) in [6.07, 6.45) is 26.8. The molecule has 49 heavy (non-hydrogen) atoms. The predicted molar refractivity (Wildman–Crippen MR) is 218 cm³/mol. The van der Waals surface area contributed by atoms with Crippen molar-refractivity contribution in [2.75, 3.05) is 0 Å². The van der Waals surface area contributed by atoms with Gasteiger partial charge >= 0.3 is 0 Å². The number of hydrogen-bond donors (Lipinski definition) is 3. The van der Waals surface area contributed by atoms with Crippen LogP contribution >= 0.6 is 0 Å². The van der Waals surface area contributed by atoms with Gasteiger partial charge in [0, 0.05) is 48.9 Å². The van der Waals surface area contributed by atoms with Crippen LogP contribution in [0.25, 0.3) is 82.1 Å². The monoisotopic (exact) mass is 635 g/mol. The van der Waals surface area contributed by atoms with E-state index in [-0.39, 0.29) is 0 Å². The molecule has 3 nitrogen and oxygen atoms in total. The maximum atomic E-state index is 3.97. The van der Waals surface area contributed by atoms with Gasteiger partial charge in [-0.15, -0.1) is 0 Å². The Balaban J connectivity index is 1.66. The summed E-state index contributed by atoms with van der Waals surface area (Å²) in [5, 5.41) is 7.14. The number of nitrogens with one attached hydrogen (secondary N) is 3. The minimum absolute atomic E-state index is 1.10. The van der Waals surface area contributed by atoms with Gasteiger partial charge in [0.05, 0.1) is 16.6 Å². The van der Waals surface area contributed by atoms with Gasteiger partial charge in [-0.1, -0.05) is 110 Å². The Kier molecular flexibility index (Phi) is 8.50. The normalized spacial score (nSPS) is 13.9. The Morgan fingerprint density at radius 1 is 0.490 bits per heavy atom. The largest absolute Gasteiger partial charge is 0.354 e. The summed E-state index contributed by atoms with van der Waals surface area (Å²) in [5.74, 6) is 0. The van der Waals surface area contributed by atoms with Crippen molar-refractivity contribution in [2.45, 2.75) is 27.7 Å². The standard InChI is InChI=1S/C46H41N3/c1-7-13-18-29(12-6)32-20-23-38-35(26-32)41-44-42(36-27-33(21-24-39(36)48-44)30(15-9-3)16-10-4)46-43(45(41)47-38)37-28-34(22-25-40(37)49-46)31(17-11-5)19-14-8-2/h7-28,47-49H,1,3H2,2,4-6H3/b14-8-,16-10-,17-11-,18-13-,29-12+,30-15+,31-19+. The van der Waals surface area contributed by atoms with Crippen LogP contribution in [0.5, 0.6) is 0 Å². The van der Waals surface area contributed by atoms with E-state index in [1.54, 1.807) is 0 Å². The molecule has 0 amide bonds.